The van der Waals surface area contributed by atoms with Crippen LogP contribution < -0.4 is 0 Å². The number of hydrogen-bond acceptors (Lipinski definition) is 5. The topological polar surface area (TPSA) is 79.2 Å². The molecule has 146 valence electrons. The largest absolute Gasteiger partial charge is 0.388 e. The van der Waals surface area contributed by atoms with Crippen molar-refractivity contribution in [1.29, 1.82) is 0 Å². The predicted molar refractivity (Wildman–Crippen MR) is 102 cm³/mol. The molecule has 0 spiro atoms. The Kier molecular flexibility index (Phi) is 5.99. The van der Waals surface area contributed by atoms with Crippen molar-refractivity contribution in [2.45, 2.75) is 56.9 Å². The van der Waals surface area contributed by atoms with Crippen molar-refractivity contribution in [2.24, 2.45) is 0 Å². The summed E-state index contributed by atoms with van der Waals surface area (Å²) in [5.74, 6) is -1.53. The Labute approximate surface area is 160 Å². The summed E-state index contributed by atoms with van der Waals surface area (Å²) in [6.07, 6.45) is -2.90. The van der Waals surface area contributed by atoms with E-state index in [1.807, 2.05) is 18.2 Å². The summed E-state index contributed by atoms with van der Waals surface area (Å²) in [5, 5.41) is 30.8. The molecule has 3 rings (SSSR count). The summed E-state index contributed by atoms with van der Waals surface area (Å²) in [5.41, 5.74) is 4.13. The molecule has 1 fully saturated rings. The van der Waals surface area contributed by atoms with Crippen LogP contribution in [-0.4, -0.2) is 46.8 Å². The van der Waals surface area contributed by atoms with Gasteiger partial charge in [-0.05, 0) is 42.5 Å². The van der Waals surface area contributed by atoms with Crippen molar-refractivity contribution < 1.29 is 24.8 Å². The Morgan fingerprint density at radius 2 is 1.63 bits per heavy atom. The van der Waals surface area contributed by atoms with E-state index in [2.05, 4.69) is 31.2 Å². The maximum absolute atomic E-state index is 10.6. The molecular weight excluding hydrogens is 344 g/mol. The molecular formula is C22H28O5. The number of aliphatic hydroxyl groups is 3. The maximum atomic E-state index is 10.6. The Balaban J connectivity index is 1.90. The van der Waals surface area contributed by atoms with Crippen molar-refractivity contribution in [3.8, 4) is 0 Å². The minimum atomic E-state index is -1.53. The zero-order chi connectivity index (χ0) is 19.6. The molecule has 0 radical (unpaired) electrons. The number of aliphatic hydroxyl groups excluding tert-OH is 3. The summed E-state index contributed by atoms with van der Waals surface area (Å²) >= 11 is 0. The third-order valence-electron chi connectivity index (χ3n) is 5.38. The molecule has 5 nitrogen and oxygen atoms in total. The van der Waals surface area contributed by atoms with Crippen LogP contribution in [0.3, 0.4) is 0 Å². The number of hydrogen-bond donors (Lipinski definition) is 3. The molecule has 1 aliphatic rings. The van der Waals surface area contributed by atoms with Crippen molar-refractivity contribution >= 4 is 0 Å². The van der Waals surface area contributed by atoms with E-state index in [1.165, 1.54) is 18.2 Å². The van der Waals surface area contributed by atoms with Crippen LogP contribution in [0.1, 0.15) is 36.1 Å². The molecule has 5 heteroatoms. The first kappa shape index (κ1) is 20.0. The van der Waals surface area contributed by atoms with Gasteiger partial charge in [-0.1, -0.05) is 49.4 Å². The van der Waals surface area contributed by atoms with Gasteiger partial charge in [0.1, 0.15) is 18.3 Å². The fraction of sp³-hybridized carbons (Fsp3) is 0.455. The average molecular weight is 372 g/mol. The zero-order valence-electron chi connectivity index (χ0n) is 16.0. The Morgan fingerprint density at radius 3 is 2.26 bits per heavy atom. The van der Waals surface area contributed by atoms with Gasteiger partial charge in [-0.2, -0.15) is 0 Å². The Bertz CT molecular complexity index is 760. The van der Waals surface area contributed by atoms with Crippen molar-refractivity contribution in [1.82, 2.24) is 0 Å². The SMILES string of the molecule is CCc1ccc(Cc2cccc(C3(OC)O[C@H](C)[C@@H](O)[C@H](O)[C@H]3O)c2)cc1. The van der Waals surface area contributed by atoms with Crippen LogP contribution in [0.2, 0.25) is 0 Å². The molecule has 3 N–H and O–H groups in total. The standard InChI is InChI=1S/C22H28O5/c1-4-15-8-10-16(11-9-15)12-17-6-5-7-18(13-17)22(26-3)21(25)20(24)19(23)14(2)27-22/h5-11,13-14,19-21,23-25H,4,12H2,1-3H3/t14-,19-,20+,21-,22?/m1/s1. The highest BCUT2D eigenvalue weighted by molar-refractivity contribution is 5.34. The van der Waals surface area contributed by atoms with E-state index in [0.29, 0.717) is 5.56 Å². The lowest BCUT2D eigenvalue weighted by atomic mass is 9.87. The van der Waals surface area contributed by atoms with Gasteiger partial charge in [0, 0.05) is 12.7 Å². The highest BCUT2D eigenvalue weighted by Gasteiger charge is 2.54. The summed E-state index contributed by atoms with van der Waals surface area (Å²) < 4.78 is 11.4. The Morgan fingerprint density at radius 1 is 0.963 bits per heavy atom. The Hall–Kier alpha value is -1.76. The van der Waals surface area contributed by atoms with E-state index in [-0.39, 0.29) is 0 Å². The van der Waals surface area contributed by atoms with Crippen LogP contribution in [0.4, 0.5) is 0 Å². The van der Waals surface area contributed by atoms with E-state index in [9.17, 15) is 15.3 Å². The fourth-order valence-corrected chi connectivity index (χ4v) is 3.66. The minimum Gasteiger partial charge on any atom is -0.388 e. The van der Waals surface area contributed by atoms with Crippen LogP contribution in [0.5, 0.6) is 0 Å². The molecule has 1 saturated heterocycles. The lowest BCUT2D eigenvalue weighted by molar-refractivity contribution is -0.360. The van der Waals surface area contributed by atoms with Gasteiger partial charge in [0.15, 0.2) is 0 Å². The molecule has 0 bridgehead atoms. The molecule has 27 heavy (non-hydrogen) atoms. The highest BCUT2D eigenvalue weighted by Crippen LogP contribution is 2.39. The van der Waals surface area contributed by atoms with E-state index in [1.54, 1.807) is 13.0 Å². The second-order valence-electron chi connectivity index (χ2n) is 7.17. The summed E-state index contributed by atoms with van der Waals surface area (Å²) in [6.45, 7) is 3.77. The molecule has 5 atom stereocenters. The van der Waals surface area contributed by atoms with Gasteiger partial charge in [-0.25, -0.2) is 0 Å². The predicted octanol–water partition coefficient (Wildman–Crippen LogP) is 2.14. The van der Waals surface area contributed by atoms with Gasteiger partial charge < -0.3 is 24.8 Å². The van der Waals surface area contributed by atoms with Gasteiger partial charge in [0.2, 0.25) is 5.79 Å². The first-order valence-corrected chi connectivity index (χ1v) is 9.35. The summed E-state index contributed by atoms with van der Waals surface area (Å²) in [4.78, 5) is 0. The molecule has 2 aromatic carbocycles. The molecule has 1 heterocycles. The molecule has 0 aromatic heterocycles. The molecule has 1 unspecified atom stereocenters. The van der Waals surface area contributed by atoms with Crippen LogP contribution >= 0.6 is 0 Å². The van der Waals surface area contributed by atoms with Crippen molar-refractivity contribution in [3.63, 3.8) is 0 Å². The molecule has 0 amide bonds. The number of ether oxygens (including phenoxy) is 2. The lowest BCUT2D eigenvalue weighted by Crippen LogP contribution is -2.62. The monoisotopic (exact) mass is 372 g/mol. The van der Waals surface area contributed by atoms with Gasteiger partial charge >= 0.3 is 0 Å². The lowest BCUT2D eigenvalue weighted by Gasteiger charge is -2.47. The average Bonchev–Trinajstić information content (AvgIpc) is 2.70. The van der Waals surface area contributed by atoms with E-state index in [4.69, 9.17) is 9.47 Å². The first-order chi connectivity index (χ1) is 12.9. The zero-order valence-corrected chi connectivity index (χ0v) is 16.0. The van der Waals surface area contributed by atoms with E-state index in [0.717, 1.165) is 18.4 Å². The minimum absolute atomic E-state index is 0.609. The normalized spacial score (nSPS) is 31.0. The number of rotatable bonds is 5. The third kappa shape index (κ3) is 3.79. The number of aryl methyl sites for hydroxylation is 1. The van der Waals surface area contributed by atoms with Crippen molar-refractivity contribution in [3.05, 3.63) is 70.8 Å². The molecule has 0 saturated carbocycles. The van der Waals surface area contributed by atoms with Gasteiger partial charge in [0.05, 0.1) is 6.10 Å². The van der Waals surface area contributed by atoms with Gasteiger partial charge in [-0.3, -0.25) is 0 Å². The first-order valence-electron chi connectivity index (χ1n) is 9.35. The quantitative estimate of drug-likeness (QED) is 0.749. The van der Waals surface area contributed by atoms with Gasteiger partial charge in [-0.15, -0.1) is 0 Å². The van der Waals surface area contributed by atoms with E-state index >= 15 is 0 Å². The smallest absolute Gasteiger partial charge is 0.224 e. The van der Waals surface area contributed by atoms with Crippen LogP contribution in [0.15, 0.2) is 48.5 Å². The second kappa shape index (κ2) is 8.09. The summed E-state index contributed by atoms with van der Waals surface area (Å²) in [7, 11) is 1.43. The van der Waals surface area contributed by atoms with E-state index < -0.39 is 30.2 Å². The third-order valence-corrected chi connectivity index (χ3v) is 5.38. The molecule has 0 aliphatic carbocycles. The number of benzene rings is 2. The highest BCUT2D eigenvalue weighted by atomic mass is 16.7. The molecule has 1 aliphatic heterocycles. The van der Waals surface area contributed by atoms with Crippen LogP contribution in [0, 0.1) is 0 Å². The van der Waals surface area contributed by atoms with Crippen LogP contribution in [-0.2, 0) is 28.1 Å². The fourth-order valence-electron chi connectivity index (χ4n) is 3.66. The van der Waals surface area contributed by atoms with Crippen molar-refractivity contribution in [2.75, 3.05) is 7.11 Å². The number of methoxy groups -OCH3 is 1. The molecule has 2 aromatic rings. The summed E-state index contributed by atoms with van der Waals surface area (Å²) in [6, 6.07) is 16.1. The van der Waals surface area contributed by atoms with Crippen LogP contribution in [0.25, 0.3) is 0 Å². The maximum Gasteiger partial charge on any atom is 0.224 e. The van der Waals surface area contributed by atoms with Gasteiger partial charge in [0.25, 0.3) is 0 Å². The second-order valence-corrected chi connectivity index (χ2v) is 7.17.